The maximum Gasteiger partial charge on any atom is 0.0687 e. The van der Waals surface area contributed by atoms with Crippen LogP contribution in [0.5, 0.6) is 0 Å². The van der Waals surface area contributed by atoms with E-state index in [9.17, 15) is 10.2 Å². The minimum absolute atomic E-state index is 0.452. The Morgan fingerprint density at radius 2 is 1.71 bits per heavy atom. The molecule has 0 aliphatic carbocycles. The van der Waals surface area contributed by atoms with Gasteiger partial charge in [0.25, 0.3) is 0 Å². The molecule has 0 spiro atoms. The fourth-order valence-electron chi connectivity index (χ4n) is 1.83. The smallest absolute Gasteiger partial charge is 0.0687 e. The lowest BCUT2D eigenvalue weighted by Crippen LogP contribution is -2.36. The summed E-state index contributed by atoms with van der Waals surface area (Å²) in [7, 11) is 0. The molecule has 0 aliphatic heterocycles. The molecule has 4 heteroatoms. The molecule has 1 rings (SSSR count). The van der Waals surface area contributed by atoms with E-state index in [0.717, 1.165) is 11.3 Å². The van der Waals surface area contributed by atoms with Crippen LogP contribution in [0.15, 0.2) is 18.2 Å². The highest BCUT2D eigenvalue weighted by atomic mass is 35.5. The van der Waals surface area contributed by atoms with Crippen molar-refractivity contribution in [1.29, 1.82) is 0 Å². The zero-order valence-corrected chi connectivity index (χ0v) is 11.3. The van der Waals surface area contributed by atoms with E-state index in [0.29, 0.717) is 18.1 Å². The zero-order chi connectivity index (χ0) is 13.0. The molecular weight excluding hydrogens is 238 g/mol. The van der Waals surface area contributed by atoms with Gasteiger partial charge in [0.15, 0.2) is 0 Å². The van der Waals surface area contributed by atoms with Gasteiger partial charge in [0.05, 0.1) is 12.2 Å². The van der Waals surface area contributed by atoms with Crippen LogP contribution >= 0.6 is 11.6 Å². The summed E-state index contributed by atoms with van der Waals surface area (Å²) >= 11 is 5.98. The number of aliphatic hydroxyl groups is 2. The number of hydrogen-bond donors (Lipinski definition) is 2. The molecule has 0 bridgehead atoms. The average molecular weight is 258 g/mol. The minimum Gasteiger partial charge on any atom is -0.392 e. The Morgan fingerprint density at radius 1 is 1.18 bits per heavy atom. The third kappa shape index (κ3) is 4.54. The number of rotatable bonds is 5. The highest BCUT2D eigenvalue weighted by Gasteiger charge is 2.14. The molecule has 0 heterocycles. The number of benzene rings is 1. The number of hydrogen-bond acceptors (Lipinski definition) is 3. The number of anilines is 1. The first-order valence-corrected chi connectivity index (χ1v) is 6.15. The summed E-state index contributed by atoms with van der Waals surface area (Å²) in [5, 5.41) is 19.7. The van der Waals surface area contributed by atoms with Gasteiger partial charge in [-0.15, -0.1) is 0 Å². The van der Waals surface area contributed by atoms with E-state index in [1.807, 2.05) is 30.0 Å². The standard InChI is InChI=1S/C13H20ClNO2/c1-9-4-5-12(14)6-13(9)15(7-10(2)16)8-11(3)17/h4-6,10-11,16-17H,7-8H2,1-3H3. The van der Waals surface area contributed by atoms with Gasteiger partial charge in [-0.2, -0.15) is 0 Å². The van der Waals surface area contributed by atoms with Crippen LogP contribution in [0.2, 0.25) is 5.02 Å². The van der Waals surface area contributed by atoms with Crippen LogP contribution in [0.4, 0.5) is 5.69 Å². The summed E-state index contributed by atoms with van der Waals surface area (Å²) in [5.74, 6) is 0. The molecule has 0 amide bonds. The second kappa shape index (κ2) is 6.24. The molecule has 0 saturated heterocycles. The quantitative estimate of drug-likeness (QED) is 0.850. The molecule has 17 heavy (non-hydrogen) atoms. The van der Waals surface area contributed by atoms with Gasteiger partial charge in [-0.05, 0) is 38.5 Å². The third-order valence-corrected chi connectivity index (χ3v) is 2.72. The zero-order valence-electron chi connectivity index (χ0n) is 10.5. The molecule has 3 nitrogen and oxygen atoms in total. The Balaban J connectivity index is 2.98. The van der Waals surface area contributed by atoms with Gasteiger partial charge < -0.3 is 15.1 Å². The molecular formula is C13H20ClNO2. The Hall–Kier alpha value is -0.770. The van der Waals surface area contributed by atoms with Crippen molar-refractivity contribution in [2.24, 2.45) is 0 Å². The van der Waals surface area contributed by atoms with Gasteiger partial charge in [0.2, 0.25) is 0 Å². The van der Waals surface area contributed by atoms with Gasteiger partial charge in [-0.3, -0.25) is 0 Å². The number of halogens is 1. The predicted molar refractivity (Wildman–Crippen MR) is 71.8 cm³/mol. The van der Waals surface area contributed by atoms with Gasteiger partial charge >= 0.3 is 0 Å². The highest BCUT2D eigenvalue weighted by molar-refractivity contribution is 6.30. The lowest BCUT2D eigenvalue weighted by molar-refractivity contribution is 0.178. The van der Waals surface area contributed by atoms with Crippen molar-refractivity contribution in [1.82, 2.24) is 0 Å². The maximum absolute atomic E-state index is 9.50. The van der Waals surface area contributed by atoms with Gasteiger partial charge in [-0.25, -0.2) is 0 Å². The Labute approximate surface area is 108 Å². The fraction of sp³-hybridized carbons (Fsp3) is 0.538. The van der Waals surface area contributed by atoms with Gasteiger partial charge in [-0.1, -0.05) is 17.7 Å². The monoisotopic (exact) mass is 257 g/mol. The van der Waals surface area contributed by atoms with E-state index >= 15 is 0 Å². The molecule has 0 aliphatic rings. The number of aryl methyl sites for hydroxylation is 1. The van der Waals surface area contributed by atoms with E-state index in [4.69, 9.17) is 11.6 Å². The van der Waals surface area contributed by atoms with Crippen molar-refractivity contribution in [3.63, 3.8) is 0 Å². The molecule has 96 valence electrons. The fourth-order valence-corrected chi connectivity index (χ4v) is 2.00. The van der Waals surface area contributed by atoms with Crippen LogP contribution in [0.1, 0.15) is 19.4 Å². The first-order valence-electron chi connectivity index (χ1n) is 5.77. The summed E-state index contributed by atoms with van der Waals surface area (Å²) in [6, 6.07) is 5.64. The molecule has 1 aromatic carbocycles. The predicted octanol–water partition coefficient (Wildman–Crippen LogP) is 2.22. The Bertz CT molecular complexity index is 356. The first kappa shape index (κ1) is 14.3. The van der Waals surface area contributed by atoms with Crippen LogP contribution in [-0.2, 0) is 0 Å². The minimum atomic E-state index is -0.452. The Kier molecular flexibility index (Phi) is 5.25. The van der Waals surface area contributed by atoms with Crippen LogP contribution < -0.4 is 4.90 Å². The highest BCUT2D eigenvalue weighted by Crippen LogP contribution is 2.24. The normalized spacial score (nSPS) is 14.5. The second-order valence-corrected chi connectivity index (χ2v) is 4.97. The van der Waals surface area contributed by atoms with Crippen molar-refractivity contribution in [2.45, 2.75) is 33.0 Å². The molecule has 1 aromatic rings. The lowest BCUT2D eigenvalue weighted by atomic mass is 10.1. The van der Waals surface area contributed by atoms with Crippen molar-refractivity contribution in [3.8, 4) is 0 Å². The summed E-state index contributed by atoms with van der Waals surface area (Å²) < 4.78 is 0. The van der Waals surface area contributed by atoms with Gasteiger partial charge in [0, 0.05) is 23.8 Å². The van der Waals surface area contributed by atoms with Crippen molar-refractivity contribution in [2.75, 3.05) is 18.0 Å². The topological polar surface area (TPSA) is 43.7 Å². The van der Waals surface area contributed by atoms with E-state index in [2.05, 4.69) is 0 Å². The molecule has 2 unspecified atom stereocenters. The van der Waals surface area contributed by atoms with E-state index < -0.39 is 12.2 Å². The van der Waals surface area contributed by atoms with Crippen LogP contribution in [-0.4, -0.2) is 35.5 Å². The first-order chi connectivity index (χ1) is 7.90. The maximum atomic E-state index is 9.50. The number of aliphatic hydroxyl groups excluding tert-OH is 2. The molecule has 2 N–H and O–H groups in total. The van der Waals surface area contributed by atoms with Crippen LogP contribution in [0.3, 0.4) is 0 Å². The summed E-state index contributed by atoms with van der Waals surface area (Å²) in [6.45, 7) is 6.41. The van der Waals surface area contributed by atoms with E-state index in [1.54, 1.807) is 13.8 Å². The van der Waals surface area contributed by atoms with Crippen molar-refractivity contribution in [3.05, 3.63) is 28.8 Å². The molecule has 0 aromatic heterocycles. The molecule has 0 fully saturated rings. The molecule has 0 saturated carbocycles. The Morgan fingerprint density at radius 3 is 2.18 bits per heavy atom. The van der Waals surface area contributed by atoms with E-state index in [-0.39, 0.29) is 0 Å². The second-order valence-electron chi connectivity index (χ2n) is 4.53. The van der Waals surface area contributed by atoms with Crippen LogP contribution in [0.25, 0.3) is 0 Å². The summed E-state index contributed by atoms with van der Waals surface area (Å²) in [6.07, 6.45) is -0.903. The van der Waals surface area contributed by atoms with Crippen LogP contribution in [0, 0.1) is 6.92 Å². The SMILES string of the molecule is Cc1ccc(Cl)cc1N(CC(C)O)CC(C)O. The van der Waals surface area contributed by atoms with Crippen molar-refractivity contribution < 1.29 is 10.2 Å². The summed E-state index contributed by atoms with van der Waals surface area (Å²) in [5.41, 5.74) is 2.04. The molecule has 2 atom stereocenters. The average Bonchev–Trinajstić information content (AvgIpc) is 2.19. The van der Waals surface area contributed by atoms with Crippen molar-refractivity contribution >= 4 is 17.3 Å². The largest absolute Gasteiger partial charge is 0.392 e. The lowest BCUT2D eigenvalue weighted by Gasteiger charge is -2.29. The summed E-state index contributed by atoms with van der Waals surface area (Å²) in [4.78, 5) is 1.95. The third-order valence-electron chi connectivity index (χ3n) is 2.48. The number of nitrogens with zero attached hydrogens (tertiary/aromatic N) is 1. The molecule has 0 radical (unpaired) electrons. The van der Waals surface area contributed by atoms with Gasteiger partial charge in [0.1, 0.15) is 0 Å². The van der Waals surface area contributed by atoms with E-state index in [1.165, 1.54) is 0 Å².